The third-order valence-corrected chi connectivity index (χ3v) is 19.8. The number of fused-ring (bicyclic) bond motifs is 11. The predicted octanol–water partition coefficient (Wildman–Crippen LogP) is 19.7. The molecule has 0 amide bonds. The van der Waals surface area contributed by atoms with Crippen LogP contribution in [0.2, 0.25) is 0 Å². The van der Waals surface area contributed by atoms with Crippen LogP contribution in [0, 0.1) is 41.5 Å². The number of nitrogens with zero attached hydrogens (tertiary/aromatic N) is 3. The number of rotatable bonds is 6. The van der Waals surface area contributed by atoms with Gasteiger partial charge in [0, 0.05) is 66.0 Å². The number of hydrogen-bond donors (Lipinski definition) is 0. The van der Waals surface area contributed by atoms with Gasteiger partial charge in [-0.15, -0.1) is 0 Å². The summed E-state index contributed by atoms with van der Waals surface area (Å²) in [7, 11) is 0. The zero-order valence-corrected chi connectivity index (χ0v) is 54.9. The quantitative estimate of drug-likeness (QED) is 0.156. The molecule has 0 N–H and O–H groups in total. The van der Waals surface area contributed by atoms with Gasteiger partial charge in [0.1, 0.15) is 22.2 Å². The maximum absolute atomic E-state index is 6.71. The summed E-state index contributed by atoms with van der Waals surface area (Å²) in [6, 6.07) is 64.2. The average Bonchev–Trinajstić information content (AvgIpc) is 0.769. The summed E-state index contributed by atoms with van der Waals surface area (Å²) >= 11 is 0. The molecule has 0 aliphatic carbocycles. The fourth-order valence-electron chi connectivity index (χ4n) is 15.3. The van der Waals surface area contributed by atoms with E-state index >= 15 is 0 Å². The van der Waals surface area contributed by atoms with Gasteiger partial charge in [0.25, 0.3) is 6.71 Å². The van der Waals surface area contributed by atoms with Gasteiger partial charge < -0.3 is 23.2 Å². The first-order valence-electron chi connectivity index (χ1n) is 32.0. The Kier molecular flexibility index (Phi) is 12.7. The molecule has 0 saturated carbocycles. The van der Waals surface area contributed by atoms with E-state index in [1.165, 1.54) is 111 Å². The highest BCUT2D eigenvalue weighted by molar-refractivity contribution is 7.00. The minimum absolute atomic E-state index is 0.0706. The Labute approximate surface area is 530 Å². The molecule has 0 atom stereocenters. The lowest BCUT2D eigenvalue weighted by molar-refractivity contribution is 0.573. The molecule has 444 valence electrons. The number of benzene rings is 10. The standard InChI is InChI=1S/C84H78BN3O2/c1-18-59(80-53(8)60-27-19-21-31-74(60)89-80)54-37-49(4)79(50(5)38-54)88-71-46-70-65(64-41-56(82(9,10)11)33-35-68(64)86(70)77-47(2)25-23-26-48(77)3)45-67(71)85-66-42-57(83(12,13)14)34-36-69(66)87(72-43-58(84(15,16)17)44-73(88)76(72)85)78-51(6)39-55(40-52(78)7)61-29-24-30-63-62-28-20-22-32-75(62)90-81(61)63/h18-46H,1,8H2,2-7,9-17H3/b80-59-. The van der Waals surface area contributed by atoms with E-state index in [-0.39, 0.29) is 23.0 Å². The summed E-state index contributed by atoms with van der Waals surface area (Å²) < 4.78 is 15.9. The van der Waals surface area contributed by atoms with Gasteiger partial charge in [0.15, 0.2) is 0 Å². The summed E-state index contributed by atoms with van der Waals surface area (Å²) in [6.45, 7) is 43.7. The predicted molar refractivity (Wildman–Crippen MR) is 386 cm³/mol. The van der Waals surface area contributed by atoms with Crippen molar-refractivity contribution in [2.24, 2.45) is 0 Å². The Bertz CT molecular complexity index is 5320. The number of allylic oxidation sites excluding steroid dienone is 1. The second kappa shape index (κ2) is 20.0. The van der Waals surface area contributed by atoms with Crippen LogP contribution in [0.25, 0.3) is 83.7 Å². The van der Waals surface area contributed by atoms with E-state index in [2.05, 4.69) is 283 Å². The van der Waals surface area contributed by atoms with Crippen molar-refractivity contribution in [3.05, 3.63) is 249 Å². The summed E-state index contributed by atoms with van der Waals surface area (Å²) in [5.74, 6) is 0. The smallest absolute Gasteiger partial charge is 0.252 e. The highest BCUT2D eigenvalue weighted by Crippen LogP contribution is 2.51. The van der Waals surface area contributed by atoms with Crippen molar-refractivity contribution in [1.82, 2.24) is 4.57 Å². The molecule has 0 radical (unpaired) electrons. The molecule has 90 heavy (non-hydrogen) atoms. The minimum atomic E-state index is -0.238. The van der Waals surface area contributed by atoms with Crippen LogP contribution in [-0.4, -0.2) is 11.3 Å². The van der Waals surface area contributed by atoms with Crippen LogP contribution in [0.5, 0.6) is 0 Å². The van der Waals surface area contributed by atoms with Crippen molar-refractivity contribution in [2.45, 2.75) is 120 Å². The van der Waals surface area contributed by atoms with Crippen molar-refractivity contribution in [1.29, 1.82) is 0 Å². The van der Waals surface area contributed by atoms with Gasteiger partial charge in [-0.3, -0.25) is 0 Å². The Morgan fingerprint density at radius 3 is 1.59 bits per heavy atom. The van der Waals surface area contributed by atoms with Gasteiger partial charge in [-0.25, -0.2) is 0 Å². The molecule has 5 nitrogen and oxygen atoms in total. The molecule has 10 aromatic carbocycles. The molecule has 2 aliphatic heterocycles. The minimum Gasteiger partial charge on any atom is -0.455 e. The van der Waals surface area contributed by atoms with Crippen molar-refractivity contribution < 1.29 is 8.83 Å². The molecule has 0 spiro atoms. The fraction of sp³-hybridized carbons (Fsp3) is 0.214. The van der Waals surface area contributed by atoms with Crippen LogP contribution in [0.3, 0.4) is 0 Å². The Hall–Kier alpha value is -9.52. The number of aromatic nitrogens is 1. The monoisotopic (exact) mass is 1170 g/mol. The van der Waals surface area contributed by atoms with Gasteiger partial charge in [0.05, 0.1) is 28.1 Å². The lowest BCUT2D eigenvalue weighted by Crippen LogP contribution is -2.61. The van der Waals surface area contributed by atoms with Crippen LogP contribution >= 0.6 is 0 Å². The summed E-state index contributed by atoms with van der Waals surface area (Å²) in [5.41, 5.74) is 32.7. The second-order valence-electron chi connectivity index (χ2n) is 29.0. The molecule has 15 rings (SSSR count). The molecule has 0 fully saturated rings. The van der Waals surface area contributed by atoms with E-state index in [1.54, 1.807) is 0 Å². The van der Waals surface area contributed by atoms with Gasteiger partial charge in [-0.05, 0) is 208 Å². The molecule has 0 unspecified atom stereocenters. The van der Waals surface area contributed by atoms with Crippen molar-refractivity contribution >= 4 is 124 Å². The van der Waals surface area contributed by atoms with Crippen LogP contribution in [0.1, 0.15) is 118 Å². The van der Waals surface area contributed by atoms with Gasteiger partial charge >= 0.3 is 0 Å². The lowest BCUT2D eigenvalue weighted by Gasteiger charge is -2.46. The zero-order valence-electron chi connectivity index (χ0n) is 54.9. The van der Waals surface area contributed by atoms with E-state index in [9.17, 15) is 0 Å². The lowest BCUT2D eigenvalue weighted by atomic mass is 9.33. The van der Waals surface area contributed by atoms with Crippen molar-refractivity contribution in [3.8, 4) is 16.8 Å². The summed E-state index contributed by atoms with van der Waals surface area (Å²) in [5, 5.41) is 6.63. The van der Waals surface area contributed by atoms with Gasteiger partial charge in [-0.1, -0.05) is 179 Å². The normalized spacial score (nSPS) is 13.7. The number of aryl methyl sites for hydroxylation is 6. The first-order chi connectivity index (χ1) is 42.9. The molecule has 5 heterocycles. The van der Waals surface area contributed by atoms with Crippen LogP contribution in [0.15, 0.2) is 191 Å². The third-order valence-electron chi connectivity index (χ3n) is 19.8. The molecule has 0 bridgehead atoms. The van der Waals surface area contributed by atoms with E-state index in [4.69, 9.17) is 8.83 Å². The highest BCUT2D eigenvalue weighted by Gasteiger charge is 2.46. The van der Waals surface area contributed by atoms with Crippen LogP contribution in [-0.2, 0) is 16.2 Å². The molecular weight excluding hydrogens is 1090 g/mol. The molecule has 0 saturated heterocycles. The molecular formula is C84H78BN3O2. The van der Waals surface area contributed by atoms with Gasteiger partial charge in [0.2, 0.25) is 0 Å². The topological polar surface area (TPSA) is 37.7 Å². The Morgan fingerprint density at radius 1 is 0.433 bits per heavy atom. The molecule has 13 aromatic rings. The molecule has 6 heteroatoms. The fourth-order valence-corrected chi connectivity index (χ4v) is 15.3. The maximum atomic E-state index is 6.71. The van der Waals surface area contributed by atoms with Crippen LogP contribution in [0.4, 0.5) is 34.1 Å². The van der Waals surface area contributed by atoms with Crippen molar-refractivity contribution in [3.63, 3.8) is 0 Å². The Morgan fingerprint density at radius 2 is 0.967 bits per heavy atom. The van der Waals surface area contributed by atoms with E-state index < -0.39 is 0 Å². The highest BCUT2D eigenvalue weighted by atomic mass is 16.3. The average molecular weight is 1170 g/mol. The number of anilines is 6. The first kappa shape index (κ1) is 57.0. The maximum Gasteiger partial charge on any atom is 0.252 e. The zero-order chi connectivity index (χ0) is 62.9. The van der Waals surface area contributed by atoms with Crippen molar-refractivity contribution in [2.75, 3.05) is 9.80 Å². The number of para-hydroxylation sites is 4. The van der Waals surface area contributed by atoms with Crippen LogP contribution < -0.4 is 36.8 Å². The van der Waals surface area contributed by atoms with Gasteiger partial charge in [-0.2, -0.15) is 0 Å². The second-order valence-corrected chi connectivity index (χ2v) is 29.0. The Balaban J connectivity index is 1.07. The van der Waals surface area contributed by atoms with E-state index in [0.29, 0.717) is 0 Å². The van der Waals surface area contributed by atoms with E-state index in [0.717, 1.165) is 82.6 Å². The third kappa shape index (κ3) is 8.57. The summed E-state index contributed by atoms with van der Waals surface area (Å²) in [6.07, 6.45) is 1.94. The van der Waals surface area contributed by atoms with E-state index in [1.807, 2.05) is 24.3 Å². The number of furan rings is 2. The molecule has 2 aliphatic rings. The summed E-state index contributed by atoms with van der Waals surface area (Å²) in [4.78, 5) is 5.31. The molecule has 3 aromatic heterocycles. The largest absolute Gasteiger partial charge is 0.455 e. The SMILES string of the molecule is C=C/C(c1cc(C)c(N2c3cc4c(cc3B3c5cc(C(C)(C)C)ccc5N(c5c(C)cc(-c6cccc7c6oc6ccccc67)cc5C)c5cc(C(C)(C)C)cc2c53)c2cc(C(C)(C)C)ccc2n4-c2c(C)cccc2C)c(C)c1)=c1/oc2ccccc2c1=C. The first-order valence-corrected chi connectivity index (χ1v) is 32.0. The number of hydrogen-bond acceptors (Lipinski definition) is 4.